The molecule has 1 atom stereocenters. The first-order chi connectivity index (χ1) is 10.1. The summed E-state index contributed by atoms with van der Waals surface area (Å²) >= 11 is 0. The lowest BCUT2D eigenvalue weighted by Gasteiger charge is -2.12. The van der Waals surface area contributed by atoms with Crippen molar-refractivity contribution < 1.29 is 4.74 Å². The van der Waals surface area contributed by atoms with Gasteiger partial charge in [0.2, 0.25) is 0 Å². The van der Waals surface area contributed by atoms with Gasteiger partial charge in [-0.25, -0.2) is 9.97 Å². The van der Waals surface area contributed by atoms with Crippen LogP contribution >= 0.6 is 0 Å². The molecule has 0 aliphatic rings. The Hall–Kier alpha value is -2.70. The van der Waals surface area contributed by atoms with E-state index in [0.29, 0.717) is 28.3 Å². The maximum Gasteiger partial charge on any atom is 0.261 e. The number of aromatic amines is 1. The Morgan fingerprint density at radius 2 is 2.19 bits per heavy atom. The number of benzene rings is 1. The van der Waals surface area contributed by atoms with E-state index in [-0.39, 0.29) is 11.6 Å². The minimum atomic E-state index is -0.300. The molecule has 7 nitrogen and oxygen atoms in total. The van der Waals surface area contributed by atoms with Gasteiger partial charge in [0.1, 0.15) is 11.6 Å². The third kappa shape index (κ3) is 2.26. The lowest BCUT2D eigenvalue weighted by atomic mass is 10.2. The second-order valence-corrected chi connectivity index (χ2v) is 4.80. The summed E-state index contributed by atoms with van der Waals surface area (Å²) in [5.41, 5.74) is 0.490. The van der Waals surface area contributed by atoms with E-state index >= 15 is 0 Å². The molecule has 21 heavy (non-hydrogen) atoms. The van der Waals surface area contributed by atoms with Crippen LogP contribution in [0.2, 0.25) is 0 Å². The van der Waals surface area contributed by atoms with Crippen LogP contribution in [0.4, 0.5) is 0 Å². The van der Waals surface area contributed by atoms with Gasteiger partial charge in [-0.1, -0.05) is 0 Å². The van der Waals surface area contributed by atoms with Crippen LogP contribution in [0.25, 0.3) is 10.9 Å². The van der Waals surface area contributed by atoms with Gasteiger partial charge in [-0.2, -0.15) is 5.10 Å². The number of hydrogen-bond acceptors (Lipinski definition) is 5. The quantitative estimate of drug-likeness (QED) is 0.787. The molecule has 0 bridgehead atoms. The molecule has 0 radical (unpaired) electrons. The number of aryl methyl sites for hydroxylation is 1. The van der Waals surface area contributed by atoms with Crippen LogP contribution in [0, 0.1) is 6.92 Å². The molecule has 0 spiro atoms. The van der Waals surface area contributed by atoms with Crippen LogP contribution in [0.5, 0.6) is 5.75 Å². The average Bonchev–Trinajstić information content (AvgIpc) is 2.93. The number of rotatable bonds is 3. The second kappa shape index (κ2) is 5.01. The number of fused-ring (bicyclic) bond motifs is 1. The molecule has 7 heteroatoms. The number of ether oxygens (including phenoxy) is 1. The van der Waals surface area contributed by atoms with Crippen molar-refractivity contribution in [3.63, 3.8) is 0 Å². The van der Waals surface area contributed by atoms with Gasteiger partial charge in [0, 0.05) is 0 Å². The van der Waals surface area contributed by atoms with Gasteiger partial charge in [-0.3, -0.25) is 14.5 Å². The highest BCUT2D eigenvalue weighted by atomic mass is 16.5. The number of H-pyrrole nitrogens is 1. The van der Waals surface area contributed by atoms with E-state index in [1.54, 1.807) is 25.3 Å². The third-order valence-electron chi connectivity index (χ3n) is 3.40. The first-order valence-corrected chi connectivity index (χ1v) is 6.54. The van der Waals surface area contributed by atoms with Crippen LogP contribution in [0.15, 0.2) is 29.3 Å². The summed E-state index contributed by atoms with van der Waals surface area (Å²) in [6.45, 7) is 3.67. The molecule has 0 saturated heterocycles. The molecule has 108 valence electrons. The summed E-state index contributed by atoms with van der Waals surface area (Å²) in [5, 5.41) is 7.39. The first-order valence-electron chi connectivity index (χ1n) is 6.54. The van der Waals surface area contributed by atoms with E-state index < -0.39 is 0 Å². The molecule has 0 fully saturated rings. The van der Waals surface area contributed by atoms with Crippen molar-refractivity contribution in [2.75, 3.05) is 7.11 Å². The summed E-state index contributed by atoms with van der Waals surface area (Å²) in [7, 11) is 1.56. The van der Waals surface area contributed by atoms with Gasteiger partial charge < -0.3 is 4.74 Å². The molecular formula is C14H15N5O2. The molecule has 0 saturated carbocycles. The van der Waals surface area contributed by atoms with Crippen LogP contribution in [-0.4, -0.2) is 31.8 Å². The number of nitrogens with zero attached hydrogens (tertiary/aromatic N) is 4. The van der Waals surface area contributed by atoms with Crippen molar-refractivity contribution in [2.24, 2.45) is 0 Å². The van der Waals surface area contributed by atoms with Crippen molar-refractivity contribution in [2.45, 2.75) is 19.9 Å². The molecule has 3 aromatic rings. The minimum Gasteiger partial charge on any atom is -0.497 e. The van der Waals surface area contributed by atoms with Crippen LogP contribution in [0.3, 0.4) is 0 Å². The minimum absolute atomic E-state index is 0.145. The summed E-state index contributed by atoms with van der Waals surface area (Å²) in [6.07, 6.45) is 1.52. The van der Waals surface area contributed by atoms with Crippen LogP contribution < -0.4 is 10.3 Å². The standard InChI is InChI=1S/C14H15N5O2/c1-8(13-16-9(2)17-18-13)19-7-15-12-5-4-10(21-3)6-11(12)14(19)20/h4-8H,1-3H3,(H,16,17,18)/t8-/m1/s1. The fraction of sp³-hybridized carbons (Fsp3) is 0.286. The zero-order valence-electron chi connectivity index (χ0n) is 12.0. The predicted molar refractivity (Wildman–Crippen MR) is 77.5 cm³/mol. The molecule has 1 aromatic carbocycles. The van der Waals surface area contributed by atoms with Crippen molar-refractivity contribution in [3.8, 4) is 5.75 Å². The molecule has 0 unspecified atom stereocenters. The van der Waals surface area contributed by atoms with Gasteiger partial charge in [0.25, 0.3) is 5.56 Å². The van der Waals surface area contributed by atoms with Crippen molar-refractivity contribution in [1.82, 2.24) is 24.7 Å². The van der Waals surface area contributed by atoms with E-state index in [1.165, 1.54) is 10.9 Å². The average molecular weight is 285 g/mol. The highest BCUT2D eigenvalue weighted by Crippen LogP contribution is 2.18. The van der Waals surface area contributed by atoms with E-state index in [9.17, 15) is 4.79 Å². The summed E-state index contributed by atoms with van der Waals surface area (Å²) in [6, 6.07) is 4.94. The number of aromatic nitrogens is 5. The van der Waals surface area contributed by atoms with Crippen LogP contribution in [-0.2, 0) is 0 Å². The Balaban J connectivity index is 2.15. The van der Waals surface area contributed by atoms with Crippen molar-refractivity contribution in [3.05, 3.63) is 46.5 Å². The lowest BCUT2D eigenvalue weighted by Crippen LogP contribution is -2.25. The molecule has 0 aliphatic carbocycles. The summed E-state index contributed by atoms with van der Waals surface area (Å²) in [4.78, 5) is 21.2. The lowest BCUT2D eigenvalue weighted by molar-refractivity contribution is 0.415. The molecule has 2 heterocycles. The monoisotopic (exact) mass is 285 g/mol. The fourth-order valence-corrected chi connectivity index (χ4v) is 2.19. The zero-order chi connectivity index (χ0) is 15.0. The molecule has 0 amide bonds. The summed E-state index contributed by atoms with van der Waals surface area (Å²) in [5.74, 6) is 1.89. The van der Waals surface area contributed by atoms with Crippen molar-refractivity contribution >= 4 is 10.9 Å². The molecular weight excluding hydrogens is 270 g/mol. The second-order valence-electron chi connectivity index (χ2n) is 4.80. The summed E-state index contributed by atoms with van der Waals surface area (Å²) < 4.78 is 6.68. The van der Waals surface area contributed by atoms with Crippen LogP contribution in [0.1, 0.15) is 24.6 Å². The zero-order valence-corrected chi connectivity index (χ0v) is 12.0. The Labute approximate surface area is 120 Å². The maximum atomic E-state index is 12.6. The third-order valence-corrected chi connectivity index (χ3v) is 3.40. The van der Waals surface area contributed by atoms with Crippen molar-refractivity contribution in [1.29, 1.82) is 0 Å². The molecule has 3 rings (SSSR count). The van der Waals surface area contributed by atoms with Gasteiger partial charge in [-0.15, -0.1) is 0 Å². The molecule has 0 aliphatic heterocycles. The van der Waals surface area contributed by atoms with Gasteiger partial charge in [0.05, 0.1) is 30.4 Å². The predicted octanol–water partition coefficient (Wildman–Crippen LogP) is 1.44. The SMILES string of the molecule is COc1ccc2ncn([C@H](C)c3n[nH]c(C)n3)c(=O)c2c1. The highest BCUT2D eigenvalue weighted by molar-refractivity contribution is 5.78. The highest BCUT2D eigenvalue weighted by Gasteiger charge is 2.16. The topological polar surface area (TPSA) is 85.7 Å². The van der Waals surface area contributed by atoms with E-state index in [2.05, 4.69) is 20.2 Å². The largest absolute Gasteiger partial charge is 0.497 e. The number of nitrogens with one attached hydrogen (secondary N) is 1. The van der Waals surface area contributed by atoms with Gasteiger partial charge in [0.15, 0.2) is 5.82 Å². The van der Waals surface area contributed by atoms with Gasteiger partial charge in [-0.05, 0) is 32.0 Å². The smallest absolute Gasteiger partial charge is 0.261 e. The van der Waals surface area contributed by atoms with E-state index in [4.69, 9.17) is 4.74 Å². The number of hydrogen-bond donors (Lipinski definition) is 1. The molecule has 1 N–H and O–H groups in total. The fourth-order valence-electron chi connectivity index (χ4n) is 2.19. The van der Waals surface area contributed by atoms with Gasteiger partial charge >= 0.3 is 0 Å². The van der Waals surface area contributed by atoms with E-state index in [0.717, 1.165) is 0 Å². The number of methoxy groups -OCH3 is 1. The Kier molecular flexibility index (Phi) is 3.17. The van der Waals surface area contributed by atoms with E-state index in [1.807, 2.05) is 13.8 Å². The Bertz CT molecular complexity index is 852. The molecule has 2 aromatic heterocycles. The Morgan fingerprint density at radius 1 is 1.38 bits per heavy atom. The maximum absolute atomic E-state index is 12.6. The normalized spacial score (nSPS) is 12.5. The first kappa shape index (κ1) is 13.3. The Morgan fingerprint density at radius 3 is 2.86 bits per heavy atom.